The van der Waals surface area contributed by atoms with E-state index < -0.39 is 11.9 Å². The minimum absolute atomic E-state index is 0.346. The summed E-state index contributed by atoms with van der Waals surface area (Å²) in [6.07, 6.45) is -0.627. The number of anilines is 1. The highest BCUT2D eigenvalue weighted by molar-refractivity contribution is 9.10. The van der Waals surface area contributed by atoms with E-state index in [0.29, 0.717) is 10.2 Å². The normalized spacial score (nSPS) is 9.46. The molecule has 0 saturated heterocycles. The van der Waals surface area contributed by atoms with Crippen LogP contribution in [0.25, 0.3) is 0 Å². The molecule has 0 aliphatic carbocycles. The molecule has 0 radical (unpaired) electrons. The molecular weight excluding hydrogens is 241 g/mol. The van der Waals surface area contributed by atoms with E-state index in [1.54, 1.807) is 6.07 Å². The van der Waals surface area contributed by atoms with Crippen LogP contribution in [0.1, 0.15) is 0 Å². The van der Waals surface area contributed by atoms with E-state index >= 15 is 0 Å². The Hall–Kier alpha value is -1.10. The lowest BCUT2D eigenvalue weighted by molar-refractivity contribution is 0.187. The van der Waals surface area contributed by atoms with Gasteiger partial charge in [-0.3, -0.25) is 5.32 Å². The summed E-state index contributed by atoms with van der Waals surface area (Å²) in [6, 6.07) is 4.06. The lowest BCUT2D eigenvalue weighted by atomic mass is 10.3. The molecule has 5 heteroatoms. The van der Waals surface area contributed by atoms with Crippen molar-refractivity contribution in [1.29, 1.82) is 0 Å². The number of hydrogen-bond acceptors (Lipinski definition) is 2. The van der Waals surface area contributed by atoms with Crippen LogP contribution < -0.4 is 5.32 Å². The van der Waals surface area contributed by atoms with Gasteiger partial charge in [0, 0.05) is 10.2 Å². The Bertz CT molecular complexity index is 310. The van der Waals surface area contributed by atoms with Crippen LogP contribution in [0.2, 0.25) is 0 Å². The first kappa shape index (κ1) is 9.98. The van der Waals surface area contributed by atoms with Gasteiger partial charge < -0.3 is 4.74 Å². The molecule has 1 N–H and O–H groups in total. The van der Waals surface area contributed by atoms with Crippen LogP contribution in [0.5, 0.6) is 0 Å². The molecule has 0 bridgehead atoms. The Morgan fingerprint density at radius 2 is 2.23 bits per heavy atom. The molecule has 0 aliphatic heterocycles. The van der Waals surface area contributed by atoms with Gasteiger partial charge in [0.1, 0.15) is 5.82 Å². The number of carbonyl (C=O) groups is 1. The van der Waals surface area contributed by atoms with Gasteiger partial charge in [-0.1, -0.05) is 15.9 Å². The average molecular weight is 248 g/mol. The number of halogens is 2. The molecule has 70 valence electrons. The molecule has 0 unspecified atom stereocenters. The van der Waals surface area contributed by atoms with Crippen molar-refractivity contribution in [3.63, 3.8) is 0 Å². The van der Waals surface area contributed by atoms with Crippen molar-refractivity contribution in [1.82, 2.24) is 0 Å². The molecule has 0 saturated carbocycles. The third kappa shape index (κ3) is 3.02. The summed E-state index contributed by atoms with van der Waals surface area (Å²) in [6.45, 7) is 0. The topological polar surface area (TPSA) is 38.3 Å². The van der Waals surface area contributed by atoms with E-state index in [-0.39, 0.29) is 0 Å². The number of amides is 1. The quantitative estimate of drug-likeness (QED) is 0.829. The molecule has 0 spiro atoms. The van der Waals surface area contributed by atoms with Crippen molar-refractivity contribution in [2.24, 2.45) is 0 Å². The Kier molecular flexibility index (Phi) is 3.25. The molecule has 1 aromatic carbocycles. The molecule has 1 aromatic rings. The van der Waals surface area contributed by atoms with E-state index in [1.165, 1.54) is 19.2 Å². The summed E-state index contributed by atoms with van der Waals surface area (Å²) in [5.74, 6) is -0.430. The molecule has 3 nitrogen and oxygen atoms in total. The van der Waals surface area contributed by atoms with Gasteiger partial charge >= 0.3 is 6.09 Å². The molecule has 0 aliphatic rings. The Balaban J connectivity index is 2.83. The standard InChI is InChI=1S/C8H7BrFNO2/c1-13-8(12)11-7-3-5(9)2-6(10)4-7/h2-4H,1H3,(H,11,12). The number of methoxy groups -OCH3 is 1. The molecule has 1 amide bonds. The zero-order valence-corrected chi connectivity index (χ0v) is 8.39. The first-order valence-corrected chi connectivity index (χ1v) is 4.22. The van der Waals surface area contributed by atoms with Crippen molar-refractivity contribution in [3.8, 4) is 0 Å². The number of nitrogens with one attached hydrogen (secondary N) is 1. The number of hydrogen-bond donors (Lipinski definition) is 1. The maximum Gasteiger partial charge on any atom is 0.411 e. The van der Waals surface area contributed by atoms with Gasteiger partial charge in [0.15, 0.2) is 0 Å². The molecule has 0 aromatic heterocycles. The maximum absolute atomic E-state index is 12.8. The summed E-state index contributed by atoms with van der Waals surface area (Å²) in [5, 5.41) is 2.34. The van der Waals surface area contributed by atoms with Gasteiger partial charge in [0.2, 0.25) is 0 Å². The predicted octanol–water partition coefficient (Wildman–Crippen LogP) is 2.77. The lowest BCUT2D eigenvalue weighted by Crippen LogP contribution is -2.10. The van der Waals surface area contributed by atoms with E-state index in [2.05, 4.69) is 26.0 Å². The summed E-state index contributed by atoms with van der Waals surface area (Å²) in [7, 11) is 1.24. The van der Waals surface area contributed by atoms with E-state index in [0.717, 1.165) is 0 Å². The summed E-state index contributed by atoms with van der Waals surface area (Å²) in [4.78, 5) is 10.7. The monoisotopic (exact) mass is 247 g/mol. The highest BCUT2D eigenvalue weighted by Crippen LogP contribution is 2.18. The highest BCUT2D eigenvalue weighted by Gasteiger charge is 2.02. The molecular formula is C8H7BrFNO2. The summed E-state index contributed by atoms with van der Waals surface area (Å²) >= 11 is 3.09. The molecule has 0 atom stereocenters. The van der Waals surface area contributed by atoms with Gasteiger partial charge in [0.05, 0.1) is 7.11 Å². The fourth-order valence-electron chi connectivity index (χ4n) is 0.795. The van der Waals surface area contributed by atoms with Gasteiger partial charge in [0.25, 0.3) is 0 Å². The minimum atomic E-state index is -0.627. The van der Waals surface area contributed by atoms with Crippen molar-refractivity contribution < 1.29 is 13.9 Å². The second-order valence-corrected chi connectivity index (χ2v) is 3.19. The van der Waals surface area contributed by atoms with Crippen molar-refractivity contribution in [3.05, 3.63) is 28.5 Å². The van der Waals surface area contributed by atoms with Crippen LogP contribution in [0.4, 0.5) is 14.9 Å². The Labute approximate surface area is 83.0 Å². The van der Waals surface area contributed by atoms with Crippen molar-refractivity contribution in [2.75, 3.05) is 12.4 Å². The lowest BCUT2D eigenvalue weighted by Gasteiger charge is -2.03. The Morgan fingerprint density at radius 3 is 2.77 bits per heavy atom. The molecule has 0 fully saturated rings. The summed E-state index contributed by atoms with van der Waals surface area (Å²) in [5.41, 5.74) is 0.346. The number of rotatable bonds is 1. The van der Waals surface area contributed by atoms with Gasteiger partial charge in [-0.25, -0.2) is 9.18 Å². The SMILES string of the molecule is COC(=O)Nc1cc(F)cc(Br)c1. The van der Waals surface area contributed by atoms with E-state index in [4.69, 9.17) is 0 Å². The van der Waals surface area contributed by atoms with Gasteiger partial charge in [-0.2, -0.15) is 0 Å². The maximum atomic E-state index is 12.8. The minimum Gasteiger partial charge on any atom is -0.453 e. The molecule has 0 heterocycles. The Morgan fingerprint density at radius 1 is 1.54 bits per heavy atom. The zero-order valence-electron chi connectivity index (χ0n) is 6.80. The van der Waals surface area contributed by atoms with Crippen LogP contribution >= 0.6 is 15.9 Å². The van der Waals surface area contributed by atoms with E-state index in [9.17, 15) is 9.18 Å². The largest absolute Gasteiger partial charge is 0.453 e. The van der Waals surface area contributed by atoms with Crippen molar-refractivity contribution in [2.45, 2.75) is 0 Å². The highest BCUT2D eigenvalue weighted by atomic mass is 79.9. The number of carbonyl (C=O) groups excluding carboxylic acids is 1. The van der Waals surface area contributed by atoms with Crippen LogP contribution in [0.3, 0.4) is 0 Å². The molecule has 1 rings (SSSR count). The van der Waals surface area contributed by atoms with Gasteiger partial charge in [-0.15, -0.1) is 0 Å². The number of ether oxygens (including phenoxy) is 1. The first-order chi connectivity index (χ1) is 6.11. The second-order valence-electron chi connectivity index (χ2n) is 2.27. The predicted molar refractivity (Wildman–Crippen MR) is 50.1 cm³/mol. The van der Waals surface area contributed by atoms with Crippen LogP contribution in [-0.4, -0.2) is 13.2 Å². The smallest absolute Gasteiger partial charge is 0.411 e. The van der Waals surface area contributed by atoms with Crippen molar-refractivity contribution >= 4 is 27.7 Å². The van der Waals surface area contributed by atoms with E-state index in [1.807, 2.05) is 0 Å². The van der Waals surface area contributed by atoms with Crippen LogP contribution in [0, 0.1) is 5.82 Å². The fourth-order valence-corrected chi connectivity index (χ4v) is 1.26. The zero-order chi connectivity index (χ0) is 9.84. The third-order valence-corrected chi connectivity index (χ3v) is 1.75. The fraction of sp³-hybridized carbons (Fsp3) is 0.125. The molecule has 13 heavy (non-hydrogen) atoms. The average Bonchev–Trinajstić information content (AvgIpc) is 2.02. The van der Waals surface area contributed by atoms with Crippen LogP contribution in [-0.2, 0) is 4.74 Å². The third-order valence-electron chi connectivity index (χ3n) is 1.29. The summed E-state index contributed by atoms with van der Waals surface area (Å²) < 4.78 is 17.7. The first-order valence-electron chi connectivity index (χ1n) is 3.43. The van der Waals surface area contributed by atoms with Gasteiger partial charge in [-0.05, 0) is 18.2 Å². The second kappa shape index (κ2) is 4.23. The van der Waals surface area contributed by atoms with Crippen LogP contribution in [0.15, 0.2) is 22.7 Å². The number of benzene rings is 1.